The van der Waals surface area contributed by atoms with E-state index in [2.05, 4.69) is 4.98 Å². The number of rotatable bonds is 10. The van der Waals surface area contributed by atoms with Crippen LogP contribution in [0.15, 0.2) is 84.0 Å². The Morgan fingerprint density at radius 2 is 1.61 bits per heavy atom. The van der Waals surface area contributed by atoms with Gasteiger partial charge in [0, 0.05) is 17.8 Å². The molecular weight excluding hydrogens is 444 g/mol. The van der Waals surface area contributed by atoms with Crippen LogP contribution >= 0.6 is 0 Å². The third-order valence-corrected chi connectivity index (χ3v) is 7.06. The third kappa shape index (κ3) is 6.61. The van der Waals surface area contributed by atoms with Crippen molar-refractivity contribution in [1.29, 1.82) is 0 Å². The van der Waals surface area contributed by atoms with Gasteiger partial charge in [-0.25, -0.2) is 13.9 Å². The molecule has 0 aliphatic carbocycles. The zero-order chi connectivity index (χ0) is 23.9. The molecule has 0 bridgehead atoms. The summed E-state index contributed by atoms with van der Waals surface area (Å²) in [7, 11) is -3.78. The maximum Gasteiger partial charge on any atom is 0.273 e. The lowest BCUT2D eigenvalue weighted by molar-refractivity contribution is -0.149. The van der Waals surface area contributed by atoms with Gasteiger partial charge in [0.15, 0.2) is 9.84 Å². The van der Waals surface area contributed by atoms with Gasteiger partial charge >= 0.3 is 0 Å². The van der Waals surface area contributed by atoms with Crippen LogP contribution in [0.1, 0.15) is 19.4 Å². The lowest BCUT2D eigenvalue weighted by Gasteiger charge is -2.32. The van der Waals surface area contributed by atoms with Crippen molar-refractivity contribution < 1.29 is 27.9 Å². The Labute approximate surface area is 193 Å². The Balaban J connectivity index is 1.74. The number of hydrogen-bond donors (Lipinski definition) is 2. The van der Waals surface area contributed by atoms with Crippen LogP contribution in [-0.4, -0.2) is 36.4 Å². The molecule has 174 valence electrons. The number of pyridine rings is 1. The molecule has 0 saturated carbocycles. The fraction of sp³-hybridized carbons (Fsp3) is 0.250. The smallest absolute Gasteiger partial charge is 0.273 e. The summed E-state index contributed by atoms with van der Waals surface area (Å²) >= 11 is 0. The molecule has 3 aromatic rings. The van der Waals surface area contributed by atoms with Crippen LogP contribution in [0.2, 0.25) is 0 Å². The van der Waals surface area contributed by atoms with Crippen LogP contribution in [0.4, 0.5) is 0 Å². The number of nitrogens with one attached hydrogen (secondary N) is 1. The molecule has 8 nitrogen and oxygen atoms in total. The molecule has 1 aromatic heterocycles. The fourth-order valence-electron chi connectivity index (χ4n) is 3.36. The van der Waals surface area contributed by atoms with E-state index in [-0.39, 0.29) is 17.3 Å². The second-order valence-corrected chi connectivity index (χ2v) is 10.1. The van der Waals surface area contributed by atoms with Crippen LogP contribution in [0.3, 0.4) is 0 Å². The van der Waals surface area contributed by atoms with Crippen molar-refractivity contribution in [2.75, 3.05) is 5.75 Å². The van der Waals surface area contributed by atoms with Gasteiger partial charge in [-0.2, -0.15) is 0 Å². The zero-order valence-electron chi connectivity index (χ0n) is 18.3. The van der Waals surface area contributed by atoms with Crippen molar-refractivity contribution in [3.63, 3.8) is 0 Å². The molecule has 0 radical (unpaired) electrons. The number of sulfone groups is 1. The number of carbonyl (C=O) groups is 1. The van der Waals surface area contributed by atoms with Crippen LogP contribution in [0.25, 0.3) is 0 Å². The second-order valence-electron chi connectivity index (χ2n) is 8.16. The highest BCUT2D eigenvalue weighted by Crippen LogP contribution is 2.30. The van der Waals surface area contributed by atoms with E-state index < -0.39 is 27.3 Å². The maximum absolute atomic E-state index is 13.1. The number of para-hydroxylation sites is 1. The van der Waals surface area contributed by atoms with Gasteiger partial charge in [0.1, 0.15) is 17.6 Å². The molecule has 1 unspecified atom stereocenters. The van der Waals surface area contributed by atoms with Gasteiger partial charge in [-0.15, -0.1) is 0 Å². The van der Waals surface area contributed by atoms with Crippen molar-refractivity contribution in [2.24, 2.45) is 5.41 Å². The zero-order valence-corrected chi connectivity index (χ0v) is 19.2. The molecule has 0 fully saturated rings. The molecule has 2 N–H and O–H groups in total. The monoisotopic (exact) mass is 470 g/mol. The highest BCUT2D eigenvalue weighted by molar-refractivity contribution is 7.91. The Hall–Kier alpha value is -3.27. The third-order valence-electron chi connectivity index (χ3n) is 4.95. The minimum atomic E-state index is -3.78. The summed E-state index contributed by atoms with van der Waals surface area (Å²) in [6.07, 6.45) is 1.95. The predicted octanol–water partition coefficient (Wildman–Crippen LogP) is 3.76. The Kier molecular flexibility index (Phi) is 7.80. The number of ether oxygens (including phenoxy) is 2. The Bertz CT molecular complexity index is 1150. The first kappa shape index (κ1) is 24.4. The van der Waals surface area contributed by atoms with E-state index in [1.165, 1.54) is 12.1 Å². The van der Waals surface area contributed by atoms with Crippen LogP contribution < -0.4 is 10.2 Å². The molecule has 0 aliphatic heterocycles. The van der Waals surface area contributed by atoms with E-state index in [4.69, 9.17) is 9.47 Å². The number of hydroxylamine groups is 1. The van der Waals surface area contributed by atoms with Gasteiger partial charge in [-0.1, -0.05) is 32.0 Å². The van der Waals surface area contributed by atoms with E-state index in [1.54, 1.807) is 68.1 Å². The Morgan fingerprint density at radius 3 is 2.21 bits per heavy atom. The van der Waals surface area contributed by atoms with Gasteiger partial charge in [-0.05, 0) is 54.1 Å². The number of amides is 1. The molecule has 9 heteroatoms. The molecule has 2 aromatic carbocycles. The van der Waals surface area contributed by atoms with Gasteiger partial charge in [0.05, 0.1) is 17.3 Å². The first-order valence-corrected chi connectivity index (χ1v) is 11.9. The molecule has 1 heterocycles. The van der Waals surface area contributed by atoms with E-state index in [0.717, 1.165) is 5.56 Å². The van der Waals surface area contributed by atoms with Crippen LogP contribution in [-0.2, 0) is 26.0 Å². The minimum Gasteiger partial charge on any atom is -0.457 e. The predicted molar refractivity (Wildman–Crippen MR) is 122 cm³/mol. The van der Waals surface area contributed by atoms with Gasteiger partial charge in [-0.3, -0.25) is 15.0 Å². The van der Waals surface area contributed by atoms with Crippen LogP contribution in [0, 0.1) is 5.41 Å². The van der Waals surface area contributed by atoms with E-state index in [0.29, 0.717) is 11.5 Å². The van der Waals surface area contributed by atoms with Crippen LogP contribution in [0.5, 0.6) is 11.5 Å². The van der Waals surface area contributed by atoms with E-state index >= 15 is 0 Å². The molecule has 0 spiro atoms. The quantitative estimate of drug-likeness (QED) is 0.342. The van der Waals surface area contributed by atoms with Gasteiger partial charge < -0.3 is 9.47 Å². The average Bonchev–Trinajstić information content (AvgIpc) is 2.80. The number of carbonyl (C=O) groups excluding carboxylic acids is 1. The average molecular weight is 471 g/mol. The first-order valence-electron chi connectivity index (χ1n) is 10.2. The lowest BCUT2D eigenvalue weighted by atomic mass is 9.88. The van der Waals surface area contributed by atoms with Crippen molar-refractivity contribution >= 4 is 15.7 Å². The van der Waals surface area contributed by atoms with Crippen molar-refractivity contribution in [3.05, 3.63) is 84.7 Å². The summed E-state index contributed by atoms with van der Waals surface area (Å²) in [6, 6.07) is 18.7. The SMILES string of the molecule is CC(C)(CS(=O)(=O)c1ccc(Oc2ccccc2)cc1)C(OCc1ccncc1)C(=O)NO. The molecule has 0 aliphatic rings. The highest BCUT2D eigenvalue weighted by atomic mass is 32.2. The molecule has 0 saturated heterocycles. The van der Waals surface area contributed by atoms with E-state index in [9.17, 15) is 18.4 Å². The number of nitrogens with zero attached hydrogens (tertiary/aromatic N) is 1. The second kappa shape index (κ2) is 10.6. The van der Waals surface area contributed by atoms with Crippen molar-refractivity contribution in [3.8, 4) is 11.5 Å². The molecular formula is C24H26N2O6S. The standard InChI is InChI=1S/C24H26N2O6S/c1-24(2,22(23(27)26-28)31-16-18-12-14-25-15-13-18)17-33(29,30)21-10-8-20(9-11-21)32-19-6-4-3-5-7-19/h3-15,22,28H,16-17H2,1-2H3,(H,26,27). The fourth-order valence-corrected chi connectivity index (χ4v) is 5.21. The summed E-state index contributed by atoms with van der Waals surface area (Å²) in [5.41, 5.74) is 1.18. The number of aromatic nitrogens is 1. The summed E-state index contributed by atoms with van der Waals surface area (Å²) in [5.74, 6) is -0.0696. The highest BCUT2D eigenvalue weighted by Gasteiger charge is 2.40. The largest absolute Gasteiger partial charge is 0.457 e. The van der Waals surface area contributed by atoms with Gasteiger partial charge in [0.2, 0.25) is 0 Å². The number of hydrogen-bond acceptors (Lipinski definition) is 7. The van der Waals surface area contributed by atoms with Crippen molar-refractivity contribution in [1.82, 2.24) is 10.5 Å². The molecule has 33 heavy (non-hydrogen) atoms. The first-order chi connectivity index (χ1) is 15.7. The molecule has 1 atom stereocenters. The summed E-state index contributed by atoms with van der Waals surface area (Å²) in [6.45, 7) is 3.25. The number of benzene rings is 2. The normalized spacial score (nSPS) is 12.7. The van der Waals surface area contributed by atoms with E-state index in [1.807, 2.05) is 18.2 Å². The lowest BCUT2D eigenvalue weighted by Crippen LogP contribution is -2.47. The topological polar surface area (TPSA) is 115 Å². The molecule has 1 amide bonds. The summed E-state index contributed by atoms with van der Waals surface area (Å²) in [4.78, 5) is 16.3. The Morgan fingerprint density at radius 1 is 1.00 bits per heavy atom. The summed E-state index contributed by atoms with van der Waals surface area (Å²) < 4.78 is 37.7. The maximum atomic E-state index is 13.1. The minimum absolute atomic E-state index is 0.0512. The van der Waals surface area contributed by atoms with Crippen molar-refractivity contribution in [2.45, 2.75) is 31.5 Å². The summed E-state index contributed by atoms with van der Waals surface area (Å²) in [5, 5.41) is 9.18. The van der Waals surface area contributed by atoms with Gasteiger partial charge in [0.25, 0.3) is 5.91 Å². The molecule has 3 rings (SSSR count).